The summed E-state index contributed by atoms with van der Waals surface area (Å²) in [4.78, 5) is -0.571. The van der Waals surface area contributed by atoms with Crippen molar-refractivity contribution in [1.82, 2.24) is 4.72 Å². The maximum atomic E-state index is 13.7. The zero-order valence-electron chi connectivity index (χ0n) is 11.4. The number of nitrogens with one attached hydrogen (secondary N) is 1. The molecule has 1 aliphatic heterocycles. The Bertz CT molecular complexity index is 808. The SMILES string of the molecule is O=S(=O)(NC1CCOc2ccccc21)c1ccc(F)cc1F. The molecular weight excluding hydrogens is 312 g/mol. The first-order valence-electron chi connectivity index (χ1n) is 6.66. The Balaban J connectivity index is 1.93. The summed E-state index contributed by atoms with van der Waals surface area (Å²) in [6.07, 6.45) is 0.430. The highest BCUT2D eigenvalue weighted by Crippen LogP contribution is 2.32. The zero-order chi connectivity index (χ0) is 15.7. The molecule has 1 atom stereocenters. The number of fused-ring (bicyclic) bond motifs is 1. The molecule has 22 heavy (non-hydrogen) atoms. The number of sulfonamides is 1. The number of halogens is 2. The number of hydrogen-bond acceptors (Lipinski definition) is 3. The Hall–Kier alpha value is -1.99. The molecule has 0 saturated heterocycles. The Labute approximate surface area is 126 Å². The molecule has 0 radical (unpaired) electrons. The fourth-order valence-corrected chi connectivity index (χ4v) is 3.72. The van der Waals surface area contributed by atoms with Gasteiger partial charge in [0, 0.05) is 18.1 Å². The third-order valence-corrected chi connectivity index (χ3v) is 4.94. The monoisotopic (exact) mass is 325 g/mol. The van der Waals surface area contributed by atoms with Crippen molar-refractivity contribution in [2.45, 2.75) is 17.4 Å². The predicted octanol–water partition coefficient (Wildman–Crippen LogP) is 2.77. The van der Waals surface area contributed by atoms with Gasteiger partial charge >= 0.3 is 0 Å². The molecule has 1 heterocycles. The molecule has 0 aliphatic carbocycles. The van der Waals surface area contributed by atoms with E-state index in [-0.39, 0.29) is 0 Å². The Morgan fingerprint density at radius 1 is 1.14 bits per heavy atom. The van der Waals surface area contributed by atoms with E-state index in [9.17, 15) is 17.2 Å². The van der Waals surface area contributed by atoms with Crippen molar-refractivity contribution in [2.75, 3.05) is 6.61 Å². The van der Waals surface area contributed by atoms with Crippen LogP contribution in [0.15, 0.2) is 47.4 Å². The summed E-state index contributed by atoms with van der Waals surface area (Å²) in [5.41, 5.74) is 0.694. The summed E-state index contributed by atoms with van der Waals surface area (Å²) in [7, 11) is -4.10. The molecule has 0 amide bonds. The van der Waals surface area contributed by atoms with E-state index in [2.05, 4.69) is 4.72 Å². The molecule has 116 valence electrons. The lowest BCUT2D eigenvalue weighted by Crippen LogP contribution is -2.32. The maximum absolute atomic E-state index is 13.7. The molecule has 7 heteroatoms. The van der Waals surface area contributed by atoms with Crippen LogP contribution in [0.1, 0.15) is 18.0 Å². The molecule has 4 nitrogen and oxygen atoms in total. The number of benzene rings is 2. The van der Waals surface area contributed by atoms with Gasteiger partial charge in [0.2, 0.25) is 10.0 Å². The van der Waals surface area contributed by atoms with Crippen molar-refractivity contribution in [3.8, 4) is 5.75 Å². The number of ether oxygens (including phenoxy) is 1. The van der Waals surface area contributed by atoms with E-state index in [1.165, 1.54) is 0 Å². The molecule has 0 bridgehead atoms. The van der Waals surface area contributed by atoms with Gasteiger partial charge < -0.3 is 4.74 Å². The summed E-state index contributed by atoms with van der Waals surface area (Å²) in [5, 5.41) is 0. The van der Waals surface area contributed by atoms with Crippen LogP contribution >= 0.6 is 0 Å². The van der Waals surface area contributed by atoms with Gasteiger partial charge in [-0.1, -0.05) is 18.2 Å². The molecular formula is C15H13F2NO3S. The summed E-state index contributed by atoms with van der Waals surface area (Å²) < 4.78 is 59.2. The smallest absolute Gasteiger partial charge is 0.244 e. The van der Waals surface area contributed by atoms with E-state index in [1.807, 2.05) is 0 Å². The van der Waals surface area contributed by atoms with Gasteiger partial charge in [0.15, 0.2) is 0 Å². The van der Waals surface area contributed by atoms with Crippen molar-refractivity contribution in [1.29, 1.82) is 0 Å². The zero-order valence-corrected chi connectivity index (χ0v) is 12.2. The average Bonchev–Trinajstić information content (AvgIpc) is 2.47. The van der Waals surface area contributed by atoms with Crippen LogP contribution in [0.3, 0.4) is 0 Å². The van der Waals surface area contributed by atoms with Gasteiger partial charge in [-0.05, 0) is 18.2 Å². The standard InChI is InChI=1S/C15H13F2NO3S/c16-10-5-6-15(12(17)9-10)22(19,20)18-13-7-8-21-14-4-2-1-3-11(13)14/h1-6,9,13,18H,7-8H2. The van der Waals surface area contributed by atoms with E-state index in [1.54, 1.807) is 24.3 Å². The minimum Gasteiger partial charge on any atom is -0.493 e. The lowest BCUT2D eigenvalue weighted by molar-refractivity contribution is 0.263. The molecule has 3 rings (SSSR count). The second-order valence-corrected chi connectivity index (χ2v) is 6.61. The van der Waals surface area contributed by atoms with Gasteiger partial charge in [-0.3, -0.25) is 0 Å². The first kappa shape index (κ1) is 14.9. The van der Waals surface area contributed by atoms with Crippen LogP contribution in [0.25, 0.3) is 0 Å². The number of para-hydroxylation sites is 1. The van der Waals surface area contributed by atoms with Gasteiger partial charge in [0.05, 0.1) is 12.6 Å². The van der Waals surface area contributed by atoms with Crippen molar-refractivity contribution in [2.24, 2.45) is 0 Å². The van der Waals surface area contributed by atoms with Crippen LogP contribution in [0, 0.1) is 11.6 Å². The lowest BCUT2D eigenvalue weighted by atomic mass is 10.0. The third-order valence-electron chi connectivity index (χ3n) is 3.44. The Morgan fingerprint density at radius 3 is 2.68 bits per heavy atom. The van der Waals surface area contributed by atoms with Crippen molar-refractivity contribution in [3.63, 3.8) is 0 Å². The molecule has 1 aliphatic rings. The second kappa shape index (κ2) is 5.66. The minimum atomic E-state index is -4.10. The predicted molar refractivity (Wildman–Crippen MR) is 76.0 cm³/mol. The molecule has 1 N–H and O–H groups in total. The molecule has 0 spiro atoms. The van der Waals surface area contributed by atoms with Crippen LogP contribution in [-0.4, -0.2) is 15.0 Å². The molecule has 0 aromatic heterocycles. The quantitative estimate of drug-likeness (QED) is 0.944. The van der Waals surface area contributed by atoms with Crippen LogP contribution < -0.4 is 9.46 Å². The van der Waals surface area contributed by atoms with E-state index in [0.29, 0.717) is 30.4 Å². The van der Waals surface area contributed by atoms with Crippen molar-refractivity contribution >= 4 is 10.0 Å². The van der Waals surface area contributed by atoms with Crippen molar-refractivity contribution < 1.29 is 21.9 Å². The Morgan fingerprint density at radius 2 is 1.91 bits per heavy atom. The highest BCUT2D eigenvalue weighted by Gasteiger charge is 2.28. The second-order valence-electron chi connectivity index (χ2n) is 4.92. The number of hydrogen-bond donors (Lipinski definition) is 1. The Kier molecular flexibility index (Phi) is 3.84. The number of rotatable bonds is 3. The summed E-state index contributed by atoms with van der Waals surface area (Å²) in [6.45, 7) is 0.357. The fourth-order valence-electron chi connectivity index (χ4n) is 2.41. The normalized spacial score (nSPS) is 17.6. The van der Waals surface area contributed by atoms with Crippen LogP contribution in [0.4, 0.5) is 8.78 Å². The first-order chi connectivity index (χ1) is 10.5. The fraction of sp³-hybridized carbons (Fsp3) is 0.200. The van der Waals surface area contributed by atoms with Gasteiger partial charge in [-0.15, -0.1) is 0 Å². The summed E-state index contributed by atoms with van der Waals surface area (Å²) in [6, 6.07) is 8.92. The van der Waals surface area contributed by atoms with E-state index in [4.69, 9.17) is 4.74 Å². The lowest BCUT2D eigenvalue weighted by Gasteiger charge is -2.26. The largest absolute Gasteiger partial charge is 0.493 e. The topological polar surface area (TPSA) is 55.4 Å². The van der Waals surface area contributed by atoms with Crippen LogP contribution in [-0.2, 0) is 10.0 Å². The molecule has 0 fully saturated rings. The molecule has 2 aromatic carbocycles. The van der Waals surface area contributed by atoms with Gasteiger partial charge in [-0.25, -0.2) is 21.9 Å². The molecule has 2 aromatic rings. The van der Waals surface area contributed by atoms with Crippen molar-refractivity contribution in [3.05, 3.63) is 59.7 Å². The molecule has 1 unspecified atom stereocenters. The van der Waals surface area contributed by atoms with Crippen LogP contribution in [0.5, 0.6) is 5.75 Å². The van der Waals surface area contributed by atoms with Gasteiger partial charge in [0.25, 0.3) is 0 Å². The summed E-state index contributed by atoms with van der Waals surface area (Å²) >= 11 is 0. The average molecular weight is 325 g/mol. The van der Waals surface area contributed by atoms with Gasteiger partial charge in [-0.2, -0.15) is 0 Å². The van der Waals surface area contributed by atoms with E-state index in [0.717, 1.165) is 12.1 Å². The van der Waals surface area contributed by atoms with E-state index < -0.39 is 32.6 Å². The summed E-state index contributed by atoms with van der Waals surface area (Å²) in [5.74, 6) is -1.35. The van der Waals surface area contributed by atoms with Gasteiger partial charge in [0.1, 0.15) is 22.3 Å². The highest BCUT2D eigenvalue weighted by atomic mass is 32.2. The first-order valence-corrected chi connectivity index (χ1v) is 8.15. The maximum Gasteiger partial charge on any atom is 0.244 e. The third kappa shape index (κ3) is 2.82. The van der Waals surface area contributed by atoms with E-state index >= 15 is 0 Å². The minimum absolute atomic E-state index is 0.357. The molecule has 0 saturated carbocycles. The van der Waals surface area contributed by atoms with Crippen LogP contribution in [0.2, 0.25) is 0 Å². The highest BCUT2D eigenvalue weighted by molar-refractivity contribution is 7.89.